The third-order valence-electron chi connectivity index (χ3n) is 3.53. The quantitative estimate of drug-likeness (QED) is 0.413. The van der Waals surface area contributed by atoms with Gasteiger partial charge in [0.2, 0.25) is 0 Å². The maximum atomic E-state index is 12.0. The Labute approximate surface area is 142 Å². The van der Waals surface area contributed by atoms with E-state index in [0.717, 1.165) is 0 Å². The highest BCUT2D eigenvalue weighted by molar-refractivity contribution is 7.99. The first-order valence-electron chi connectivity index (χ1n) is 7.15. The molecular weight excluding hydrogens is 334 g/mol. The van der Waals surface area contributed by atoms with Crippen molar-refractivity contribution >= 4 is 35.6 Å². The number of carbonyl (C=O) groups excluding carboxylic acids is 3. The molecule has 0 radical (unpaired) electrons. The highest BCUT2D eigenvalue weighted by Crippen LogP contribution is 2.24. The summed E-state index contributed by atoms with van der Waals surface area (Å²) in [5, 5.41) is 15.9. The van der Waals surface area contributed by atoms with Gasteiger partial charge >= 0.3 is 12.0 Å². The fourth-order valence-electron chi connectivity index (χ4n) is 2.20. The van der Waals surface area contributed by atoms with Crippen LogP contribution >= 0.6 is 11.8 Å². The maximum absolute atomic E-state index is 12.0. The molecule has 24 heavy (non-hydrogen) atoms. The van der Waals surface area contributed by atoms with E-state index in [1.165, 1.54) is 11.8 Å². The molecule has 1 unspecified atom stereocenters. The second-order valence-corrected chi connectivity index (χ2v) is 6.42. The molecule has 1 aliphatic heterocycles. The molecule has 0 bridgehead atoms. The van der Waals surface area contributed by atoms with E-state index in [-0.39, 0.29) is 11.7 Å². The lowest BCUT2D eigenvalue weighted by molar-refractivity contribution is -0.134. The number of urea groups is 1. The first-order valence-corrected chi connectivity index (χ1v) is 8.30. The van der Waals surface area contributed by atoms with Crippen LogP contribution < -0.4 is 16.0 Å². The number of amides is 4. The third kappa shape index (κ3) is 4.05. The second kappa shape index (κ2) is 7.35. The number of carboxylic acids is 1. The standard InChI is InChI=1S/C15H17N3O5S/c1-15(13(22)17-14(23)18-15)10-4-2-9(3-5-10)12(21)16-6-7-24-8-11(19)20/h2-5H,6-8H2,1H3,(H,16,21)(H,19,20)(H2,17,18,22,23). The number of rotatable bonds is 7. The average molecular weight is 351 g/mol. The van der Waals surface area contributed by atoms with Crippen LogP contribution in [0, 0.1) is 0 Å². The van der Waals surface area contributed by atoms with Crippen LogP contribution in [0.1, 0.15) is 22.8 Å². The summed E-state index contributed by atoms with van der Waals surface area (Å²) in [5.41, 5.74) is -0.172. The summed E-state index contributed by atoms with van der Waals surface area (Å²) in [6.07, 6.45) is 0. The number of carboxylic acid groups (broad SMARTS) is 1. The van der Waals surface area contributed by atoms with Crippen molar-refractivity contribution in [1.29, 1.82) is 0 Å². The minimum atomic E-state index is -1.15. The van der Waals surface area contributed by atoms with Gasteiger partial charge in [-0.1, -0.05) is 12.1 Å². The van der Waals surface area contributed by atoms with Gasteiger partial charge in [0.25, 0.3) is 11.8 Å². The van der Waals surface area contributed by atoms with E-state index in [1.54, 1.807) is 31.2 Å². The van der Waals surface area contributed by atoms with E-state index in [4.69, 9.17) is 5.11 Å². The molecule has 0 aromatic heterocycles. The fourth-order valence-corrected chi connectivity index (χ4v) is 2.77. The van der Waals surface area contributed by atoms with Gasteiger partial charge in [-0.05, 0) is 24.6 Å². The Bertz CT molecular complexity index is 676. The number of thioether (sulfide) groups is 1. The van der Waals surface area contributed by atoms with Crippen LogP contribution in [0.2, 0.25) is 0 Å². The van der Waals surface area contributed by atoms with Crippen molar-refractivity contribution in [2.24, 2.45) is 0 Å². The number of hydrogen-bond acceptors (Lipinski definition) is 5. The van der Waals surface area contributed by atoms with E-state index in [2.05, 4.69) is 16.0 Å². The molecule has 2 rings (SSSR count). The van der Waals surface area contributed by atoms with Gasteiger partial charge in [0.15, 0.2) is 0 Å². The van der Waals surface area contributed by atoms with E-state index in [9.17, 15) is 19.2 Å². The minimum Gasteiger partial charge on any atom is -0.481 e. The molecule has 4 N–H and O–H groups in total. The van der Waals surface area contributed by atoms with Gasteiger partial charge in [-0.15, -0.1) is 11.8 Å². The number of hydrogen-bond donors (Lipinski definition) is 4. The molecule has 128 valence electrons. The number of aliphatic carboxylic acids is 1. The molecule has 0 saturated carbocycles. The number of nitrogens with one attached hydrogen (secondary N) is 3. The van der Waals surface area contributed by atoms with Gasteiger partial charge in [0.1, 0.15) is 5.54 Å². The molecule has 1 aliphatic rings. The van der Waals surface area contributed by atoms with E-state index >= 15 is 0 Å². The third-order valence-corrected chi connectivity index (χ3v) is 4.47. The zero-order valence-electron chi connectivity index (χ0n) is 12.9. The van der Waals surface area contributed by atoms with Crippen molar-refractivity contribution in [3.63, 3.8) is 0 Å². The Morgan fingerprint density at radius 1 is 1.25 bits per heavy atom. The Kier molecular flexibility index (Phi) is 5.45. The average Bonchev–Trinajstić information content (AvgIpc) is 2.80. The molecule has 1 aromatic rings. The van der Waals surface area contributed by atoms with Crippen LogP contribution in [-0.2, 0) is 15.1 Å². The fraction of sp³-hybridized carbons (Fsp3) is 0.333. The Morgan fingerprint density at radius 3 is 2.46 bits per heavy atom. The minimum absolute atomic E-state index is 0.00304. The Morgan fingerprint density at radius 2 is 1.92 bits per heavy atom. The Balaban J connectivity index is 1.92. The lowest BCUT2D eigenvalue weighted by Crippen LogP contribution is -2.40. The molecular formula is C15H17N3O5S. The van der Waals surface area contributed by atoms with Crippen molar-refractivity contribution < 1.29 is 24.3 Å². The molecule has 1 atom stereocenters. The zero-order valence-corrected chi connectivity index (χ0v) is 13.7. The van der Waals surface area contributed by atoms with Crippen molar-refractivity contribution in [3.8, 4) is 0 Å². The van der Waals surface area contributed by atoms with Gasteiger partial charge < -0.3 is 15.7 Å². The summed E-state index contributed by atoms with van der Waals surface area (Å²) in [4.78, 5) is 45.5. The maximum Gasteiger partial charge on any atom is 0.322 e. The van der Waals surface area contributed by atoms with Gasteiger partial charge in [0.05, 0.1) is 5.75 Å². The van der Waals surface area contributed by atoms with E-state index < -0.39 is 23.4 Å². The number of benzene rings is 1. The van der Waals surface area contributed by atoms with E-state index in [0.29, 0.717) is 23.4 Å². The summed E-state index contributed by atoms with van der Waals surface area (Å²) in [6.45, 7) is 1.94. The van der Waals surface area contributed by atoms with Crippen LogP contribution in [0.4, 0.5) is 4.79 Å². The summed E-state index contributed by atoms with van der Waals surface area (Å²) in [7, 11) is 0. The Hall–Kier alpha value is -2.55. The molecule has 4 amide bonds. The molecule has 0 aliphatic carbocycles. The monoisotopic (exact) mass is 351 g/mol. The number of imide groups is 1. The summed E-state index contributed by atoms with van der Waals surface area (Å²) < 4.78 is 0. The molecule has 1 aromatic carbocycles. The van der Waals surface area contributed by atoms with Gasteiger partial charge in [-0.2, -0.15) is 0 Å². The smallest absolute Gasteiger partial charge is 0.322 e. The molecule has 9 heteroatoms. The summed E-state index contributed by atoms with van der Waals surface area (Å²) in [6, 6.07) is 5.80. The van der Waals surface area contributed by atoms with Crippen LogP contribution in [0.5, 0.6) is 0 Å². The lowest BCUT2D eigenvalue weighted by Gasteiger charge is -2.21. The van der Waals surface area contributed by atoms with E-state index in [1.807, 2.05) is 0 Å². The lowest BCUT2D eigenvalue weighted by atomic mass is 9.91. The molecule has 1 heterocycles. The van der Waals surface area contributed by atoms with Crippen LogP contribution in [0.3, 0.4) is 0 Å². The first kappa shape index (κ1) is 17.8. The van der Waals surface area contributed by atoms with Crippen molar-refractivity contribution in [3.05, 3.63) is 35.4 Å². The predicted molar refractivity (Wildman–Crippen MR) is 87.8 cm³/mol. The molecule has 8 nitrogen and oxygen atoms in total. The SMILES string of the molecule is CC1(c2ccc(C(=O)NCCSCC(=O)O)cc2)NC(=O)NC1=O. The predicted octanol–water partition coefficient (Wildman–Crippen LogP) is 0.289. The zero-order chi connectivity index (χ0) is 17.7. The van der Waals surface area contributed by atoms with Gasteiger partial charge in [-0.3, -0.25) is 19.7 Å². The highest BCUT2D eigenvalue weighted by atomic mass is 32.2. The van der Waals surface area contributed by atoms with Gasteiger partial charge in [-0.25, -0.2) is 4.79 Å². The van der Waals surface area contributed by atoms with Crippen LogP contribution in [0.15, 0.2) is 24.3 Å². The molecule has 1 fully saturated rings. The van der Waals surface area contributed by atoms with Crippen LogP contribution in [0.25, 0.3) is 0 Å². The largest absolute Gasteiger partial charge is 0.481 e. The summed E-state index contributed by atoms with van der Waals surface area (Å²) in [5.74, 6) is -1.13. The summed E-state index contributed by atoms with van der Waals surface area (Å²) >= 11 is 1.22. The van der Waals surface area contributed by atoms with Crippen molar-refractivity contribution in [2.45, 2.75) is 12.5 Å². The normalized spacial score (nSPS) is 19.5. The van der Waals surface area contributed by atoms with Crippen molar-refractivity contribution in [1.82, 2.24) is 16.0 Å². The van der Waals surface area contributed by atoms with Crippen molar-refractivity contribution in [2.75, 3.05) is 18.1 Å². The molecule has 1 saturated heterocycles. The first-order chi connectivity index (χ1) is 11.3. The molecule has 0 spiro atoms. The topological polar surface area (TPSA) is 125 Å². The highest BCUT2D eigenvalue weighted by Gasteiger charge is 2.43. The van der Waals surface area contributed by atoms with Crippen LogP contribution in [-0.4, -0.2) is 47.0 Å². The number of carbonyl (C=O) groups is 4. The van der Waals surface area contributed by atoms with Gasteiger partial charge in [0, 0.05) is 17.9 Å². The second-order valence-electron chi connectivity index (χ2n) is 5.31.